The van der Waals surface area contributed by atoms with Crippen LogP contribution in [0.1, 0.15) is 47.5 Å². The number of aromatic amines is 1. The maximum Gasteiger partial charge on any atom is 0.262 e. The molecule has 0 fully saturated rings. The number of nitrogens with zero attached hydrogens (tertiary/aromatic N) is 1. The highest BCUT2D eigenvalue weighted by atomic mass is 19.1. The second-order valence-corrected chi connectivity index (χ2v) is 5.84. The number of ether oxygens (including phenoxy) is 1. The number of hydrogen-bond acceptors (Lipinski definition) is 6. The Hall–Kier alpha value is -2.78. The van der Waals surface area contributed by atoms with Gasteiger partial charge in [-0.1, -0.05) is 13.0 Å². The summed E-state index contributed by atoms with van der Waals surface area (Å²) in [6.07, 6.45) is 3.64. The Labute approximate surface area is 164 Å². The number of rotatable bonds is 9. The van der Waals surface area contributed by atoms with Gasteiger partial charge in [0.05, 0.1) is 19.0 Å². The van der Waals surface area contributed by atoms with Crippen LogP contribution in [0.4, 0.5) is 10.1 Å². The lowest BCUT2D eigenvalue weighted by Crippen LogP contribution is -2.16. The summed E-state index contributed by atoms with van der Waals surface area (Å²) in [5, 5.41) is 11.8. The van der Waals surface area contributed by atoms with Crippen LogP contribution in [0.5, 0.6) is 5.75 Å². The second-order valence-electron chi connectivity index (χ2n) is 5.84. The molecule has 5 N–H and O–H groups in total. The molecule has 1 aromatic carbocycles. The van der Waals surface area contributed by atoms with Gasteiger partial charge in [-0.2, -0.15) is 5.10 Å². The highest BCUT2D eigenvalue weighted by Gasteiger charge is 2.20. The summed E-state index contributed by atoms with van der Waals surface area (Å²) in [7, 11) is 1.34. The number of halogens is 1. The fraction of sp³-hybridized carbons (Fsp3) is 0.421. The van der Waals surface area contributed by atoms with Crippen LogP contribution in [-0.4, -0.2) is 48.6 Å². The Balaban J connectivity index is 0.000000416. The summed E-state index contributed by atoms with van der Waals surface area (Å²) >= 11 is 0. The number of carbonyl (C=O) groups is 2. The smallest absolute Gasteiger partial charge is 0.262 e. The fourth-order valence-electron chi connectivity index (χ4n) is 2.30. The first kappa shape index (κ1) is 23.3. The van der Waals surface area contributed by atoms with Gasteiger partial charge >= 0.3 is 0 Å². The first-order chi connectivity index (χ1) is 13.5. The van der Waals surface area contributed by atoms with E-state index in [1.54, 1.807) is 0 Å². The summed E-state index contributed by atoms with van der Waals surface area (Å²) in [6, 6.07) is 4.06. The molecule has 0 atom stereocenters. The maximum absolute atomic E-state index is 13.7. The van der Waals surface area contributed by atoms with Crippen LogP contribution in [0, 0.1) is 5.82 Å². The number of unbranched alkanes of at least 4 members (excludes halogenated alkanes) is 1. The molecular weight excluding hydrogens is 365 g/mol. The molecule has 0 aliphatic rings. The quantitative estimate of drug-likeness (QED) is 0.383. The van der Waals surface area contributed by atoms with Crippen LogP contribution < -0.4 is 21.1 Å². The number of H-pyrrole nitrogens is 1. The number of carbonyl (C=O) groups excluding carboxylic acids is 2. The van der Waals surface area contributed by atoms with Gasteiger partial charge in [0.2, 0.25) is 0 Å². The molecule has 0 bridgehead atoms. The van der Waals surface area contributed by atoms with E-state index in [0.717, 1.165) is 32.1 Å². The van der Waals surface area contributed by atoms with Crippen molar-refractivity contribution in [2.24, 2.45) is 5.73 Å². The Bertz CT molecular complexity index is 758. The van der Waals surface area contributed by atoms with Crippen LogP contribution in [0.15, 0.2) is 24.4 Å². The fourth-order valence-corrected chi connectivity index (χ4v) is 2.30. The van der Waals surface area contributed by atoms with Crippen molar-refractivity contribution in [2.45, 2.75) is 26.7 Å². The summed E-state index contributed by atoms with van der Waals surface area (Å²) < 4.78 is 18.7. The SMILES string of the molecule is CCNCCCCN.COc1cccc(F)c1C(=O)Nc1cn[nH]c1C(C)=O. The number of nitrogens with two attached hydrogens (primary N) is 1. The van der Waals surface area contributed by atoms with Crippen LogP contribution in [0.3, 0.4) is 0 Å². The van der Waals surface area contributed by atoms with Crippen molar-refractivity contribution >= 4 is 17.4 Å². The number of anilines is 1. The van der Waals surface area contributed by atoms with E-state index in [0.29, 0.717) is 0 Å². The van der Waals surface area contributed by atoms with Crippen LogP contribution in [0.2, 0.25) is 0 Å². The maximum atomic E-state index is 13.7. The van der Waals surface area contributed by atoms with Gasteiger partial charge < -0.3 is 21.1 Å². The molecular formula is C19H28FN5O3. The zero-order valence-electron chi connectivity index (χ0n) is 16.5. The third-order valence-corrected chi connectivity index (χ3v) is 3.72. The Morgan fingerprint density at radius 2 is 2.07 bits per heavy atom. The van der Waals surface area contributed by atoms with Gasteiger partial charge in [0, 0.05) is 6.92 Å². The number of hydrogen-bond donors (Lipinski definition) is 4. The van der Waals surface area contributed by atoms with E-state index in [1.807, 2.05) is 0 Å². The van der Waals surface area contributed by atoms with E-state index in [1.165, 1.54) is 38.8 Å². The molecule has 2 aromatic rings. The van der Waals surface area contributed by atoms with Crippen molar-refractivity contribution in [1.82, 2.24) is 15.5 Å². The molecule has 0 unspecified atom stereocenters. The van der Waals surface area contributed by atoms with Gasteiger partial charge in [0.15, 0.2) is 5.78 Å². The molecule has 2 rings (SSSR count). The summed E-state index contributed by atoms with van der Waals surface area (Å²) in [5.41, 5.74) is 5.39. The van der Waals surface area contributed by atoms with Gasteiger partial charge in [-0.3, -0.25) is 14.7 Å². The topological polar surface area (TPSA) is 122 Å². The van der Waals surface area contributed by atoms with Gasteiger partial charge in [-0.15, -0.1) is 0 Å². The van der Waals surface area contributed by atoms with Crippen LogP contribution in [0.25, 0.3) is 0 Å². The third kappa shape index (κ3) is 7.09. The van der Waals surface area contributed by atoms with E-state index in [2.05, 4.69) is 27.8 Å². The lowest BCUT2D eigenvalue weighted by atomic mass is 10.1. The van der Waals surface area contributed by atoms with Crippen LogP contribution in [-0.2, 0) is 0 Å². The number of ketones is 1. The van der Waals surface area contributed by atoms with Crippen molar-refractivity contribution in [1.29, 1.82) is 0 Å². The molecule has 9 heteroatoms. The molecule has 0 saturated carbocycles. The van der Waals surface area contributed by atoms with Crippen molar-refractivity contribution < 1.29 is 18.7 Å². The first-order valence-corrected chi connectivity index (χ1v) is 9.05. The number of aromatic nitrogens is 2. The van der Waals surface area contributed by atoms with Crippen molar-refractivity contribution in [3.05, 3.63) is 41.5 Å². The number of Topliss-reactive ketones (excluding diaryl/α,β-unsaturated/α-hetero) is 1. The molecule has 0 spiro atoms. The van der Waals surface area contributed by atoms with Crippen molar-refractivity contribution in [3.63, 3.8) is 0 Å². The highest BCUT2D eigenvalue weighted by molar-refractivity contribution is 6.09. The minimum Gasteiger partial charge on any atom is -0.496 e. The van der Waals surface area contributed by atoms with Gasteiger partial charge in [-0.25, -0.2) is 4.39 Å². The molecule has 8 nitrogen and oxygen atoms in total. The molecule has 0 radical (unpaired) electrons. The predicted octanol–water partition coefficient (Wildman–Crippen LogP) is 2.35. The van der Waals surface area contributed by atoms with Crippen molar-refractivity contribution in [2.75, 3.05) is 32.1 Å². The minimum atomic E-state index is -0.719. The zero-order valence-corrected chi connectivity index (χ0v) is 16.5. The molecule has 0 aliphatic carbocycles. The molecule has 1 heterocycles. The molecule has 0 aliphatic heterocycles. The normalized spacial score (nSPS) is 10.0. The Morgan fingerprint density at radius 1 is 1.32 bits per heavy atom. The first-order valence-electron chi connectivity index (χ1n) is 9.05. The number of benzene rings is 1. The van der Waals surface area contributed by atoms with Crippen molar-refractivity contribution in [3.8, 4) is 5.75 Å². The van der Waals surface area contributed by atoms with Gasteiger partial charge in [-0.05, 0) is 44.6 Å². The van der Waals surface area contributed by atoms with Gasteiger partial charge in [0.25, 0.3) is 5.91 Å². The molecule has 1 amide bonds. The highest BCUT2D eigenvalue weighted by Crippen LogP contribution is 2.23. The summed E-state index contributed by atoms with van der Waals surface area (Å²) in [6.45, 7) is 6.46. The van der Waals surface area contributed by atoms with E-state index in [9.17, 15) is 14.0 Å². The third-order valence-electron chi connectivity index (χ3n) is 3.72. The average Bonchev–Trinajstić information content (AvgIpc) is 3.14. The lowest BCUT2D eigenvalue weighted by Gasteiger charge is -2.09. The summed E-state index contributed by atoms with van der Waals surface area (Å²) in [5.74, 6) is -1.62. The van der Waals surface area contributed by atoms with Crippen LogP contribution >= 0.6 is 0 Å². The predicted molar refractivity (Wildman–Crippen MR) is 106 cm³/mol. The summed E-state index contributed by atoms with van der Waals surface area (Å²) in [4.78, 5) is 23.4. The lowest BCUT2D eigenvalue weighted by molar-refractivity contribution is 0.101. The minimum absolute atomic E-state index is 0.107. The monoisotopic (exact) mass is 393 g/mol. The van der Waals surface area contributed by atoms with E-state index in [4.69, 9.17) is 10.5 Å². The molecule has 1 aromatic heterocycles. The molecule has 0 saturated heterocycles. The standard InChI is InChI=1S/C13H12FN3O3.C6H16N2/c1-7(18)12-9(6-15-17-12)16-13(19)11-8(14)4-3-5-10(11)20-2;1-2-8-6-4-3-5-7/h3-6H,1-2H3,(H,15,17)(H,16,19);8H,2-7H2,1H3. The molecule has 154 valence electrons. The number of nitrogens with one attached hydrogen (secondary N) is 3. The van der Waals surface area contributed by atoms with Gasteiger partial charge in [0.1, 0.15) is 22.8 Å². The second kappa shape index (κ2) is 12.6. The zero-order chi connectivity index (χ0) is 20.9. The van der Waals surface area contributed by atoms with E-state index < -0.39 is 11.7 Å². The molecule has 28 heavy (non-hydrogen) atoms. The number of methoxy groups -OCH3 is 1. The Morgan fingerprint density at radius 3 is 2.68 bits per heavy atom. The number of amides is 1. The van der Waals surface area contributed by atoms with E-state index >= 15 is 0 Å². The average molecular weight is 393 g/mol. The Kier molecular flexibility index (Phi) is 10.4. The van der Waals surface area contributed by atoms with E-state index in [-0.39, 0.29) is 28.5 Å². The largest absolute Gasteiger partial charge is 0.496 e.